The third-order valence-electron chi connectivity index (χ3n) is 4.54. The average Bonchev–Trinajstić information content (AvgIpc) is 2.68. The SMILES string of the molecule is O=C(c1ccccc1)c1cc(-c2ccccc2)nc2c1C(=O)CCC2. The van der Waals surface area contributed by atoms with Crippen molar-refractivity contribution >= 4 is 11.6 Å². The van der Waals surface area contributed by atoms with Crippen molar-refractivity contribution in [2.24, 2.45) is 0 Å². The first-order chi connectivity index (χ1) is 12.2. The van der Waals surface area contributed by atoms with Gasteiger partial charge in [0.05, 0.1) is 17.0 Å². The summed E-state index contributed by atoms with van der Waals surface area (Å²) in [5.74, 6) is -0.0978. The maximum absolute atomic E-state index is 13.1. The van der Waals surface area contributed by atoms with E-state index < -0.39 is 0 Å². The zero-order chi connectivity index (χ0) is 17.2. The molecule has 3 heteroatoms. The molecule has 0 aliphatic heterocycles. The molecule has 0 amide bonds. The van der Waals surface area contributed by atoms with Crippen LogP contribution in [0.4, 0.5) is 0 Å². The fraction of sp³-hybridized carbons (Fsp3) is 0.136. The molecule has 122 valence electrons. The predicted molar refractivity (Wildman–Crippen MR) is 96.8 cm³/mol. The lowest BCUT2D eigenvalue weighted by Crippen LogP contribution is -2.19. The van der Waals surface area contributed by atoms with Crippen molar-refractivity contribution in [3.63, 3.8) is 0 Å². The highest BCUT2D eigenvalue weighted by molar-refractivity contribution is 6.16. The minimum absolute atomic E-state index is 0.0210. The van der Waals surface area contributed by atoms with E-state index >= 15 is 0 Å². The van der Waals surface area contributed by atoms with Crippen LogP contribution in [0, 0.1) is 0 Å². The van der Waals surface area contributed by atoms with Crippen LogP contribution >= 0.6 is 0 Å². The summed E-state index contributed by atoms with van der Waals surface area (Å²) in [4.78, 5) is 30.3. The molecule has 0 N–H and O–H groups in total. The Morgan fingerprint density at radius 1 is 0.880 bits per heavy atom. The number of Topliss-reactive ketones (excluding diaryl/α,β-unsaturated/α-hetero) is 1. The fourth-order valence-corrected chi connectivity index (χ4v) is 3.31. The number of ketones is 2. The predicted octanol–water partition coefficient (Wildman–Crippen LogP) is 4.50. The van der Waals surface area contributed by atoms with Crippen molar-refractivity contribution in [3.8, 4) is 11.3 Å². The van der Waals surface area contributed by atoms with Gasteiger partial charge in [0.2, 0.25) is 0 Å². The molecule has 1 heterocycles. The Morgan fingerprint density at radius 3 is 2.28 bits per heavy atom. The molecule has 0 unspecified atom stereocenters. The summed E-state index contributed by atoms with van der Waals surface area (Å²) < 4.78 is 0. The van der Waals surface area contributed by atoms with Crippen molar-refractivity contribution < 1.29 is 9.59 Å². The molecule has 1 aromatic heterocycles. The lowest BCUT2D eigenvalue weighted by Gasteiger charge is -2.19. The normalized spacial score (nSPS) is 13.4. The Bertz CT molecular complexity index is 947. The molecule has 0 atom stereocenters. The monoisotopic (exact) mass is 327 g/mol. The molecule has 0 spiro atoms. The Morgan fingerprint density at radius 2 is 1.56 bits per heavy atom. The first-order valence-electron chi connectivity index (χ1n) is 8.46. The summed E-state index contributed by atoms with van der Waals surface area (Å²) in [5.41, 5.74) is 4.02. The summed E-state index contributed by atoms with van der Waals surface area (Å²) in [7, 11) is 0. The van der Waals surface area contributed by atoms with Crippen molar-refractivity contribution in [3.05, 3.63) is 89.1 Å². The number of aromatic nitrogens is 1. The van der Waals surface area contributed by atoms with Crippen LogP contribution in [0.1, 0.15) is 44.8 Å². The summed E-state index contributed by atoms with van der Waals surface area (Å²) in [6.07, 6.45) is 2.00. The van der Waals surface area contributed by atoms with Gasteiger partial charge in [-0.05, 0) is 18.9 Å². The van der Waals surface area contributed by atoms with Crippen molar-refractivity contribution in [1.82, 2.24) is 4.98 Å². The van der Waals surface area contributed by atoms with E-state index in [2.05, 4.69) is 0 Å². The number of pyridine rings is 1. The maximum atomic E-state index is 13.1. The molecule has 0 fully saturated rings. The second kappa shape index (κ2) is 6.44. The molecular formula is C22H17NO2. The van der Waals surface area contributed by atoms with Gasteiger partial charge < -0.3 is 0 Å². The van der Waals surface area contributed by atoms with Crippen LogP contribution in [0.5, 0.6) is 0 Å². The molecule has 25 heavy (non-hydrogen) atoms. The fourth-order valence-electron chi connectivity index (χ4n) is 3.31. The standard InChI is InChI=1S/C22H17NO2/c24-20-13-7-12-18-21(20)17(22(25)16-10-5-2-6-11-16)14-19(23-18)15-8-3-1-4-9-15/h1-6,8-11,14H,7,12-13H2. The van der Waals surface area contributed by atoms with Crippen molar-refractivity contribution in [2.45, 2.75) is 19.3 Å². The number of carbonyl (C=O) groups is 2. The Labute approximate surface area is 146 Å². The lowest BCUT2D eigenvalue weighted by atomic mass is 9.87. The van der Waals surface area contributed by atoms with Crippen LogP contribution in [-0.4, -0.2) is 16.6 Å². The second-order valence-electron chi connectivity index (χ2n) is 6.21. The van der Waals surface area contributed by atoms with Crippen LogP contribution in [0.15, 0.2) is 66.7 Å². The van der Waals surface area contributed by atoms with E-state index in [1.54, 1.807) is 18.2 Å². The summed E-state index contributed by atoms with van der Waals surface area (Å²) in [6.45, 7) is 0. The minimum atomic E-state index is -0.119. The Balaban J connectivity index is 1.92. The van der Waals surface area contributed by atoms with Gasteiger partial charge in [0.15, 0.2) is 11.6 Å². The van der Waals surface area contributed by atoms with Gasteiger partial charge in [0, 0.05) is 23.1 Å². The highest BCUT2D eigenvalue weighted by atomic mass is 16.1. The molecule has 4 rings (SSSR count). The van der Waals surface area contributed by atoms with Crippen LogP contribution in [0.25, 0.3) is 11.3 Å². The molecule has 0 bridgehead atoms. The van der Waals surface area contributed by atoms with E-state index in [1.807, 2.05) is 48.5 Å². The van der Waals surface area contributed by atoms with Gasteiger partial charge in [-0.2, -0.15) is 0 Å². The quantitative estimate of drug-likeness (QED) is 0.666. The zero-order valence-electron chi connectivity index (χ0n) is 13.7. The number of aryl methyl sites for hydroxylation is 1. The van der Waals surface area contributed by atoms with Crippen molar-refractivity contribution in [2.75, 3.05) is 0 Å². The summed E-state index contributed by atoms with van der Waals surface area (Å²) in [5, 5.41) is 0. The Kier molecular flexibility index (Phi) is 3.98. The molecule has 1 aliphatic carbocycles. The van der Waals surface area contributed by atoms with Crippen LogP contribution in [0.3, 0.4) is 0 Å². The molecule has 3 aromatic rings. The summed E-state index contributed by atoms with van der Waals surface area (Å²) >= 11 is 0. The number of hydrogen-bond donors (Lipinski definition) is 0. The molecule has 0 saturated heterocycles. The third-order valence-corrected chi connectivity index (χ3v) is 4.54. The molecule has 0 radical (unpaired) electrons. The number of carbonyl (C=O) groups excluding carboxylic acids is 2. The van der Waals surface area contributed by atoms with Crippen LogP contribution in [-0.2, 0) is 6.42 Å². The molecule has 2 aromatic carbocycles. The maximum Gasteiger partial charge on any atom is 0.193 e. The van der Waals surface area contributed by atoms with Gasteiger partial charge in [-0.15, -0.1) is 0 Å². The molecule has 3 nitrogen and oxygen atoms in total. The van der Waals surface area contributed by atoms with Gasteiger partial charge in [-0.25, -0.2) is 0 Å². The van der Waals surface area contributed by atoms with E-state index in [0.717, 1.165) is 29.8 Å². The first-order valence-corrected chi connectivity index (χ1v) is 8.46. The number of nitrogens with zero attached hydrogens (tertiary/aromatic N) is 1. The topological polar surface area (TPSA) is 47.0 Å². The van der Waals surface area contributed by atoms with E-state index in [0.29, 0.717) is 23.1 Å². The van der Waals surface area contributed by atoms with Gasteiger partial charge in [0.1, 0.15) is 0 Å². The third kappa shape index (κ3) is 2.89. The van der Waals surface area contributed by atoms with Gasteiger partial charge in [-0.3, -0.25) is 14.6 Å². The van der Waals surface area contributed by atoms with E-state index in [4.69, 9.17) is 4.98 Å². The molecule has 0 saturated carbocycles. The number of benzene rings is 2. The van der Waals surface area contributed by atoms with E-state index in [-0.39, 0.29) is 11.6 Å². The molecule has 1 aliphatic rings. The average molecular weight is 327 g/mol. The van der Waals surface area contributed by atoms with Crippen molar-refractivity contribution in [1.29, 1.82) is 0 Å². The number of fused-ring (bicyclic) bond motifs is 1. The minimum Gasteiger partial charge on any atom is -0.294 e. The second-order valence-corrected chi connectivity index (χ2v) is 6.21. The number of hydrogen-bond acceptors (Lipinski definition) is 3. The number of rotatable bonds is 3. The first kappa shape index (κ1) is 15.5. The van der Waals surface area contributed by atoms with E-state index in [1.165, 1.54) is 0 Å². The van der Waals surface area contributed by atoms with Gasteiger partial charge in [0.25, 0.3) is 0 Å². The highest BCUT2D eigenvalue weighted by Crippen LogP contribution is 2.29. The summed E-state index contributed by atoms with van der Waals surface area (Å²) in [6, 6.07) is 20.7. The van der Waals surface area contributed by atoms with Crippen LogP contribution in [0.2, 0.25) is 0 Å². The highest BCUT2D eigenvalue weighted by Gasteiger charge is 2.27. The van der Waals surface area contributed by atoms with Gasteiger partial charge in [-0.1, -0.05) is 60.7 Å². The van der Waals surface area contributed by atoms with Gasteiger partial charge >= 0.3 is 0 Å². The lowest BCUT2D eigenvalue weighted by molar-refractivity contribution is 0.0957. The van der Waals surface area contributed by atoms with Crippen LogP contribution < -0.4 is 0 Å². The smallest absolute Gasteiger partial charge is 0.193 e. The largest absolute Gasteiger partial charge is 0.294 e. The zero-order valence-corrected chi connectivity index (χ0v) is 13.7. The Hall–Kier alpha value is -3.07. The van der Waals surface area contributed by atoms with E-state index in [9.17, 15) is 9.59 Å². The molecular weight excluding hydrogens is 310 g/mol.